The van der Waals surface area contributed by atoms with Crippen molar-refractivity contribution < 1.29 is 4.74 Å². The van der Waals surface area contributed by atoms with E-state index in [1.807, 2.05) is 6.92 Å². The highest BCUT2D eigenvalue weighted by atomic mass is 16.5. The van der Waals surface area contributed by atoms with Crippen molar-refractivity contribution in [2.45, 2.75) is 26.7 Å². The van der Waals surface area contributed by atoms with E-state index in [2.05, 4.69) is 28.3 Å². The van der Waals surface area contributed by atoms with Crippen molar-refractivity contribution in [2.24, 2.45) is 0 Å². The summed E-state index contributed by atoms with van der Waals surface area (Å²) in [6.45, 7) is 4.89. The van der Waals surface area contributed by atoms with Crippen LogP contribution in [-0.4, -0.2) is 16.5 Å². The Kier molecular flexibility index (Phi) is 5.10. The van der Waals surface area contributed by atoms with Gasteiger partial charge in [-0.3, -0.25) is 0 Å². The van der Waals surface area contributed by atoms with Gasteiger partial charge in [-0.1, -0.05) is 6.92 Å². The van der Waals surface area contributed by atoms with Gasteiger partial charge in [-0.25, -0.2) is 4.98 Å². The molecule has 0 fully saturated rings. The second kappa shape index (κ2) is 7.25. The van der Waals surface area contributed by atoms with E-state index in [4.69, 9.17) is 10.00 Å². The van der Waals surface area contributed by atoms with Crippen LogP contribution in [0, 0.1) is 11.3 Å². The molecule has 0 radical (unpaired) electrons. The number of nitrogens with zero attached hydrogens (tertiary/aromatic N) is 3. The van der Waals surface area contributed by atoms with Crippen LogP contribution in [0.3, 0.4) is 0 Å². The average molecular weight is 282 g/mol. The van der Waals surface area contributed by atoms with Gasteiger partial charge in [0.05, 0.1) is 11.6 Å². The molecule has 1 aromatic heterocycles. The maximum atomic E-state index is 8.79. The van der Waals surface area contributed by atoms with Crippen molar-refractivity contribution in [3.63, 3.8) is 0 Å². The molecule has 1 heterocycles. The first kappa shape index (κ1) is 14.8. The van der Waals surface area contributed by atoms with E-state index in [-0.39, 0.29) is 0 Å². The van der Waals surface area contributed by atoms with Crippen LogP contribution in [0.25, 0.3) is 0 Å². The third-order valence-electron chi connectivity index (χ3n) is 2.79. The number of rotatable bonds is 6. The Morgan fingerprint density at radius 3 is 2.57 bits per heavy atom. The number of aromatic nitrogens is 2. The van der Waals surface area contributed by atoms with E-state index in [0.717, 1.165) is 31.0 Å². The van der Waals surface area contributed by atoms with E-state index in [1.165, 1.54) is 0 Å². The third kappa shape index (κ3) is 4.18. The lowest BCUT2D eigenvalue weighted by Gasteiger charge is -2.09. The average Bonchev–Trinajstić information content (AvgIpc) is 2.48. The first-order valence-electron chi connectivity index (χ1n) is 7.05. The predicted molar refractivity (Wildman–Crippen MR) is 81.4 cm³/mol. The molecule has 21 heavy (non-hydrogen) atoms. The second-order valence-electron chi connectivity index (χ2n) is 4.53. The van der Waals surface area contributed by atoms with Crippen molar-refractivity contribution in [1.82, 2.24) is 9.97 Å². The number of anilines is 1. The third-order valence-corrected chi connectivity index (χ3v) is 2.79. The van der Waals surface area contributed by atoms with Gasteiger partial charge in [-0.2, -0.15) is 10.2 Å². The fraction of sp³-hybridized carbons (Fsp3) is 0.312. The first-order chi connectivity index (χ1) is 10.2. The van der Waals surface area contributed by atoms with Gasteiger partial charge in [0.2, 0.25) is 5.88 Å². The van der Waals surface area contributed by atoms with E-state index in [0.29, 0.717) is 17.2 Å². The molecule has 1 aromatic carbocycles. The molecule has 2 rings (SSSR count). The Balaban J connectivity index is 2.22. The van der Waals surface area contributed by atoms with Crippen LogP contribution in [0.15, 0.2) is 30.3 Å². The lowest BCUT2D eigenvalue weighted by atomic mass is 10.2. The van der Waals surface area contributed by atoms with Gasteiger partial charge >= 0.3 is 0 Å². The molecule has 0 bridgehead atoms. The lowest BCUT2D eigenvalue weighted by Crippen LogP contribution is -2.04. The highest BCUT2D eigenvalue weighted by molar-refractivity contribution is 5.41. The van der Waals surface area contributed by atoms with Crippen molar-refractivity contribution in [3.8, 4) is 17.7 Å². The highest BCUT2D eigenvalue weighted by Crippen LogP contribution is 2.22. The number of hydrogen-bond acceptors (Lipinski definition) is 5. The molecule has 0 aliphatic carbocycles. The summed E-state index contributed by atoms with van der Waals surface area (Å²) in [7, 11) is 0. The number of ether oxygens (including phenoxy) is 1. The summed E-state index contributed by atoms with van der Waals surface area (Å²) in [5, 5.41) is 12.0. The highest BCUT2D eigenvalue weighted by Gasteiger charge is 2.06. The summed E-state index contributed by atoms with van der Waals surface area (Å²) in [6.07, 6.45) is 1.79. The Hall–Kier alpha value is -2.61. The van der Waals surface area contributed by atoms with Gasteiger partial charge in [-0.05, 0) is 37.6 Å². The predicted octanol–water partition coefficient (Wildman–Crippen LogP) is 3.52. The number of aryl methyl sites for hydroxylation is 1. The second-order valence-corrected chi connectivity index (χ2v) is 4.53. The maximum Gasteiger partial charge on any atom is 0.224 e. The van der Waals surface area contributed by atoms with Gasteiger partial charge in [0.1, 0.15) is 17.4 Å². The van der Waals surface area contributed by atoms with Crippen LogP contribution in [-0.2, 0) is 6.42 Å². The summed E-state index contributed by atoms with van der Waals surface area (Å²) in [5.74, 6) is 2.69. The standard InChI is InChI=1S/C16H18N4O/c1-3-5-14-19-15(18-4-2)10-16(20-14)21-13-8-6-12(11-17)7-9-13/h6-10H,3-5H2,1-2H3,(H,18,19,20). The van der Waals surface area contributed by atoms with Crippen LogP contribution in [0.5, 0.6) is 11.6 Å². The van der Waals surface area contributed by atoms with Gasteiger partial charge < -0.3 is 10.1 Å². The Labute approximate surface area is 124 Å². The monoisotopic (exact) mass is 282 g/mol. The summed E-state index contributed by atoms with van der Waals surface area (Å²) in [5.41, 5.74) is 0.602. The summed E-state index contributed by atoms with van der Waals surface area (Å²) in [4.78, 5) is 8.84. The lowest BCUT2D eigenvalue weighted by molar-refractivity contribution is 0.458. The first-order valence-corrected chi connectivity index (χ1v) is 7.05. The molecule has 108 valence electrons. The van der Waals surface area contributed by atoms with Crippen molar-refractivity contribution in [3.05, 3.63) is 41.7 Å². The van der Waals surface area contributed by atoms with Crippen molar-refractivity contribution >= 4 is 5.82 Å². The van der Waals surface area contributed by atoms with Crippen molar-refractivity contribution in [2.75, 3.05) is 11.9 Å². The normalized spacial score (nSPS) is 9.95. The molecule has 0 aliphatic rings. The zero-order valence-corrected chi connectivity index (χ0v) is 12.3. The molecule has 0 spiro atoms. The molecule has 0 atom stereocenters. The summed E-state index contributed by atoms with van der Waals surface area (Å²) < 4.78 is 5.75. The topological polar surface area (TPSA) is 70.8 Å². The van der Waals surface area contributed by atoms with Crippen LogP contribution in [0.2, 0.25) is 0 Å². The number of nitrogens with one attached hydrogen (secondary N) is 1. The molecular weight excluding hydrogens is 264 g/mol. The molecule has 0 unspecified atom stereocenters. The van der Waals surface area contributed by atoms with E-state index < -0.39 is 0 Å². The zero-order valence-electron chi connectivity index (χ0n) is 12.3. The van der Waals surface area contributed by atoms with Crippen molar-refractivity contribution in [1.29, 1.82) is 5.26 Å². The molecule has 0 saturated carbocycles. The fourth-order valence-electron chi connectivity index (χ4n) is 1.85. The van der Waals surface area contributed by atoms with Crippen LogP contribution in [0.1, 0.15) is 31.7 Å². The maximum absolute atomic E-state index is 8.79. The largest absolute Gasteiger partial charge is 0.439 e. The van der Waals surface area contributed by atoms with E-state index in [1.54, 1.807) is 30.3 Å². The number of nitriles is 1. The quantitative estimate of drug-likeness (QED) is 0.877. The Bertz CT molecular complexity index is 607. The summed E-state index contributed by atoms with van der Waals surface area (Å²) >= 11 is 0. The number of hydrogen-bond donors (Lipinski definition) is 1. The minimum atomic E-state index is 0.508. The minimum Gasteiger partial charge on any atom is -0.439 e. The Morgan fingerprint density at radius 2 is 1.95 bits per heavy atom. The molecule has 2 aromatic rings. The molecule has 1 N–H and O–H groups in total. The number of benzene rings is 1. The van der Waals surface area contributed by atoms with E-state index in [9.17, 15) is 0 Å². The van der Waals surface area contributed by atoms with Gasteiger partial charge in [0, 0.05) is 19.0 Å². The molecule has 5 nitrogen and oxygen atoms in total. The smallest absolute Gasteiger partial charge is 0.224 e. The SMILES string of the molecule is CCCc1nc(NCC)cc(Oc2ccc(C#N)cc2)n1. The van der Waals surface area contributed by atoms with Crippen LogP contribution < -0.4 is 10.1 Å². The van der Waals surface area contributed by atoms with Gasteiger partial charge in [0.15, 0.2) is 0 Å². The van der Waals surface area contributed by atoms with Crippen LogP contribution >= 0.6 is 0 Å². The minimum absolute atomic E-state index is 0.508. The molecular formula is C16H18N4O. The van der Waals surface area contributed by atoms with Gasteiger partial charge in [0.25, 0.3) is 0 Å². The molecule has 0 amide bonds. The van der Waals surface area contributed by atoms with E-state index >= 15 is 0 Å². The van der Waals surface area contributed by atoms with Crippen LogP contribution in [0.4, 0.5) is 5.82 Å². The molecule has 0 saturated heterocycles. The molecule has 0 aliphatic heterocycles. The zero-order chi connectivity index (χ0) is 15.1. The summed E-state index contributed by atoms with van der Waals surface area (Å²) in [6, 6.07) is 10.8. The fourth-order valence-corrected chi connectivity index (χ4v) is 1.85. The Morgan fingerprint density at radius 1 is 1.19 bits per heavy atom. The van der Waals surface area contributed by atoms with Gasteiger partial charge in [-0.15, -0.1) is 0 Å². The molecule has 5 heteroatoms.